The van der Waals surface area contributed by atoms with Gasteiger partial charge in [-0.3, -0.25) is 0 Å². The zero-order chi connectivity index (χ0) is 14.5. The van der Waals surface area contributed by atoms with Crippen molar-refractivity contribution in [1.29, 1.82) is 0 Å². The first-order valence-electron chi connectivity index (χ1n) is 6.53. The second-order valence-corrected chi connectivity index (χ2v) is 5.85. The van der Waals surface area contributed by atoms with Crippen molar-refractivity contribution >= 4 is 27.5 Å². The molecule has 4 heteroatoms. The molecule has 0 saturated heterocycles. The molecule has 0 spiro atoms. The van der Waals surface area contributed by atoms with Crippen molar-refractivity contribution < 1.29 is 4.39 Å². The van der Waals surface area contributed by atoms with Gasteiger partial charge in [-0.25, -0.2) is 4.39 Å². The van der Waals surface area contributed by atoms with Gasteiger partial charge in [-0.1, -0.05) is 48.9 Å². The van der Waals surface area contributed by atoms with Crippen LogP contribution in [0.2, 0.25) is 5.02 Å². The van der Waals surface area contributed by atoms with Crippen molar-refractivity contribution in [2.45, 2.75) is 19.4 Å². The van der Waals surface area contributed by atoms with Crippen LogP contribution in [0.3, 0.4) is 0 Å². The van der Waals surface area contributed by atoms with Gasteiger partial charge in [0.25, 0.3) is 0 Å². The maximum Gasteiger partial charge on any atom is 0.129 e. The number of halogens is 3. The van der Waals surface area contributed by atoms with Gasteiger partial charge < -0.3 is 5.32 Å². The number of hydrogen-bond donors (Lipinski definition) is 1. The van der Waals surface area contributed by atoms with Crippen LogP contribution in [0.25, 0.3) is 0 Å². The van der Waals surface area contributed by atoms with E-state index in [1.54, 1.807) is 6.07 Å². The highest BCUT2D eigenvalue weighted by molar-refractivity contribution is 9.10. The van der Waals surface area contributed by atoms with E-state index >= 15 is 0 Å². The van der Waals surface area contributed by atoms with E-state index in [9.17, 15) is 4.39 Å². The summed E-state index contributed by atoms with van der Waals surface area (Å²) in [5.74, 6) is -0.247. The summed E-state index contributed by atoms with van der Waals surface area (Å²) in [6.07, 6.45) is 0.726. The summed E-state index contributed by atoms with van der Waals surface area (Å²) in [5, 5.41) is 3.85. The maximum atomic E-state index is 14.2. The minimum atomic E-state index is -0.247. The smallest absolute Gasteiger partial charge is 0.129 e. The Bertz CT molecular complexity index is 574. The second-order valence-electron chi connectivity index (χ2n) is 4.59. The Labute approximate surface area is 132 Å². The van der Waals surface area contributed by atoms with Crippen LogP contribution in [0.5, 0.6) is 0 Å². The molecule has 0 heterocycles. The van der Waals surface area contributed by atoms with E-state index in [-0.39, 0.29) is 11.9 Å². The fourth-order valence-electron chi connectivity index (χ4n) is 2.19. The molecule has 2 aromatic carbocycles. The molecule has 0 aliphatic heterocycles. The normalized spacial score (nSPS) is 12.4. The maximum absolute atomic E-state index is 14.2. The Morgan fingerprint density at radius 2 is 1.95 bits per heavy atom. The minimum Gasteiger partial charge on any atom is -0.310 e. The van der Waals surface area contributed by atoms with Crippen LogP contribution in [-0.4, -0.2) is 6.54 Å². The van der Waals surface area contributed by atoms with Crippen LogP contribution in [0, 0.1) is 5.82 Å². The molecule has 106 valence electrons. The predicted octanol–water partition coefficient (Wildman–Crippen LogP) is 5.13. The van der Waals surface area contributed by atoms with Crippen molar-refractivity contribution in [3.63, 3.8) is 0 Å². The van der Waals surface area contributed by atoms with Crippen molar-refractivity contribution in [3.05, 3.63) is 68.9 Å². The molecule has 1 atom stereocenters. The Kier molecular flexibility index (Phi) is 5.58. The Morgan fingerprint density at radius 1 is 1.25 bits per heavy atom. The molecule has 0 bridgehead atoms. The first-order chi connectivity index (χ1) is 9.61. The average molecular weight is 357 g/mol. The molecule has 0 aliphatic carbocycles. The SMILES string of the molecule is CCNC(Cc1ccccc1)c1cc(Cl)c(Br)cc1F. The van der Waals surface area contributed by atoms with Gasteiger partial charge in [0, 0.05) is 16.1 Å². The lowest BCUT2D eigenvalue weighted by Crippen LogP contribution is -2.24. The fraction of sp³-hybridized carbons (Fsp3) is 0.250. The zero-order valence-corrected chi connectivity index (χ0v) is 13.5. The van der Waals surface area contributed by atoms with E-state index in [2.05, 4.69) is 21.2 Å². The Morgan fingerprint density at radius 3 is 2.60 bits per heavy atom. The van der Waals surface area contributed by atoms with Crippen LogP contribution in [0.15, 0.2) is 46.9 Å². The van der Waals surface area contributed by atoms with Crippen LogP contribution in [0.1, 0.15) is 24.1 Å². The van der Waals surface area contributed by atoms with Gasteiger partial charge >= 0.3 is 0 Å². The van der Waals surface area contributed by atoms with Crippen LogP contribution < -0.4 is 5.32 Å². The molecule has 2 aromatic rings. The fourth-order valence-corrected chi connectivity index (χ4v) is 2.68. The lowest BCUT2D eigenvalue weighted by molar-refractivity contribution is 0.509. The highest BCUT2D eigenvalue weighted by Gasteiger charge is 2.17. The van der Waals surface area contributed by atoms with Gasteiger partial charge in [-0.05, 0) is 46.6 Å². The Hall–Kier alpha value is -0.900. The molecule has 0 saturated carbocycles. The molecule has 0 radical (unpaired) electrons. The predicted molar refractivity (Wildman–Crippen MR) is 85.7 cm³/mol. The number of benzene rings is 2. The molecule has 0 aromatic heterocycles. The topological polar surface area (TPSA) is 12.0 Å². The molecule has 2 rings (SSSR count). The largest absolute Gasteiger partial charge is 0.310 e. The third-order valence-electron chi connectivity index (χ3n) is 3.15. The van der Waals surface area contributed by atoms with E-state index in [4.69, 9.17) is 11.6 Å². The monoisotopic (exact) mass is 355 g/mol. The standard InChI is InChI=1S/C16H16BrClFN/c1-2-20-16(8-11-6-4-3-5-7-11)12-9-14(18)13(17)10-15(12)19/h3-7,9-10,16,20H,2,8H2,1H3. The number of rotatable bonds is 5. The van der Waals surface area contributed by atoms with Gasteiger partial charge in [0.15, 0.2) is 0 Å². The van der Waals surface area contributed by atoms with E-state index in [1.807, 2.05) is 37.3 Å². The zero-order valence-electron chi connectivity index (χ0n) is 11.2. The van der Waals surface area contributed by atoms with Gasteiger partial charge in [-0.15, -0.1) is 0 Å². The van der Waals surface area contributed by atoms with Crippen LogP contribution >= 0.6 is 27.5 Å². The lowest BCUT2D eigenvalue weighted by atomic mass is 9.98. The lowest BCUT2D eigenvalue weighted by Gasteiger charge is -2.20. The molecule has 1 nitrogen and oxygen atoms in total. The Balaban J connectivity index is 2.31. The molecular weight excluding hydrogens is 341 g/mol. The van der Waals surface area contributed by atoms with Gasteiger partial charge in [0.2, 0.25) is 0 Å². The van der Waals surface area contributed by atoms with Crippen molar-refractivity contribution in [3.8, 4) is 0 Å². The van der Waals surface area contributed by atoms with Crippen LogP contribution in [0.4, 0.5) is 4.39 Å². The number of likely N-dealkylation sites (N-methyl/N-ethyl adjacent to an activating group) is 1. The summed E-state index contributed by atoms with van der Waals surface area (Å²) in [6.45, 7) is 2.78. The highest BCUT2D eigenvalue weighted by Crippen LogP contribution is 2.30. The molecule has 1 N–H and O–H groups in total. The summed E-state index contributed by atoms with van der Waals surface area (Å²) in [7, 11) is 0. The summed E-state index contributed by atoms with van der Waals surface area (Å²) >= 11 is 9.33. The van der Waals surface area contributed by atoms with Crippen molar-refractivity contribution in [2.75, 3.05) is 6.54 Å². The van der Waals surface area contributed by atoms with Crippen molar-refractivity contribution in [1.82, 2.24) is 5.32 Å². The molecule has 0 aliphatic rings. The summed E-state index contributed by atoms with van der Waals surface area (Å²) in [5.41, 5.74) is 1.76. The molecule has 0 fully saturated rings. The second kappa shape index (κ2) is 7.21. The summed E-state index contributed by atoms with van der Waals surface area (Å²) in [4.78, 5) is 0. The van der Waals surface area contributed by atoms with E-state index in [0.717, 1.165) is 18.5 Å². The van der Waals surface area contributed by atoms with Gasteiger partial charge in [-0.2, -0.15) is 0 Å². The third-order valence-corrected chi connectivity index (χ3v) is 4.35. The number of nitrogens with one attached hydrogen (secondary N) is 1. The van der Waals surface area contributed by atoms with E-state index < -0.39 is 0 Å². The average Bonchev–Trinajstić information content (AvgIpc) is 2.44. The van der Waals surface area contributed by atoms with Crippen molar-refractivity contribution in [2.24, 2.45) is 0 Å². The first-order valence-corrected chi connectivity index (χ1v) is 7.70. The first kappa shape index (κ1) is 15.5. The van der Waals surface area contributed by atoms with E-state index in [0.29, 0.717) is 15.1 Å². The highest BCUT2D eigenvalue weighted by atomic mass is 79.9. The summed E-state index contributed by atoms with van der Waals surface area (Å²) in [6, 6.07) is 13.1. The summed E-state index contributed by atoms with van der Waals surface area (Å²) < 4.78 is 14.8. The van der Waals surface area contributed by atoms with Crippen LogP contribution in [-0.2, 0) is 6.42 Å². The van der Waals surface area contributed by atoms with E-state index in [1.165, 1.54) is 6.07 Å². The third kappa shape index (κ3) is 3.81. The molecule has 1 unspecified atom stereocenters. The minimum absolute atomic E-state index is 0.0898. The number of hydrogen-bond acceptors (Lipinski definition) is 1. The quantitative estimate of drug-likeness (QED) is 0.732. The molecular formula is C16H16BrClFN. The van der Waals surface area contributed by atoms with Gasteiger partial charge in [0.05, 0.1) is 5.02 Å². The van der Waals surface area contributed by atoms with Gasteiger partial charge in [0.1, 0.15) is 5.82 Å². The molecule has 20 heavy (non-hydrogen) atoms. The molecule has 0 amide bonds.